The number of hydrogen-bond donors (Lipinski definition) is 1. The molecule has 1 amide bonds. The van der Waals surface area contributed by atoms with Gasteiger partial charge in [-0.3, -0.25) is 19.5 Å². The molecule has 1 aliphatic rings. The van der Waals surface area contributed by atoms with Crippen molar-refractivity contribution >= 4 is 28.4 Å². The molecular formula is C38H28N10O2. The molecule has 0 saturated heterocycles. The highest BCUT2D eigenvalue weighted by Crippen LogP contribution is 2.30. The maximum Gasteiger partial charge on any atom is 0.299 e. The Morgan fingerprint density at radius 2 is 1.30 bits per heavy atom. The van der Waals surface area contributed by atoms with E-state index in [1.165, 1.54) is 4.90 Å². The highest BCUT2D eigenvalue weighted by atomic mass is 16.2. The van der Waals surface area contributed by atoms with E-state index in [-0.39, 0.29) is 6.54 Å². The van der Waals surface area contributed by atoms with Crippen molar-refractivity contribution in [2.24, 2.45) is 0 Å². The van der Waals surface area contributed by atoms with Gasteiger partial charge in [0.25, 0.3) is 11.7 Å². The molecule has 50 heavy (non-hydrogen) atoms. The van der Waals surface area contributed by atoms with Crippen LogP contribution in [0, 0.1) is 22.7 Å². The Bertz CT molecular complexity index is 2370. The molecule has 8 rings (SSSR count). The van der Waals surface area contributed by atoms with Gasteiger partial charge in [0.2, 0.25) is 0 Å². The summed E-state index contributed by atoms with van der Waals surface area (Å²) in [6.45, 7) is 1.55. The second kappa shape index (κ2) is 13.9. The van der Waals surface area contributed by atoms with E-state index in [1.54, 1.807) is 55.2 Å². The van der Waals surface area contributed by atoms with Crippen molar-refractivity contribution < 1.29 is 9.59 Å². The van der Waals surface area contributed by atoms with Crippen LogP contribution in [0.25, 0.3) is 11.0 Å². The average Bonchev–Trinajstić information content (AvgIpc) is 3.94. The van der Waals surface area contributed by atoms with Crippen molar-refractivity contribution in [3.05, 3.63) is 161 Å². The number of nitriles is 2. The molecule has 12 nitrogen and oxygen atoms in total. The van der Waals surface area contributed by atoms with E-state index in [0.717, 1.165) is 39.4 Å². The molecule has 3 aromatic carbocycles. The van der Waals surface area contributed by atoms with Crippen LogP contribution in [0.3, 0.4) is 0 Å². The molecule has 12 heteroatoms. The van der Waals surface area contributed by atoms with Gasteiger partial charge < -0.3 is 14.1 Å². The molecule has 0 saturated carbocycles. The van der Waals surface area contributed by atoms with Crippen molar-refractivity contribution in [3.63, 3.8) is 0 Å². The zero-order chi connectivity index (χ0) is 34.5. The Morgan fingerprint density at radius 1 is 0.680 bits per heavy atom. The van der Waals surface area contributed by atoms with Crippen molar-refractivity contribution in [2.45, 2.75) is 26.1 Å². The summed E-state index contributed by atoms with van der Waals surface area (Å²) in [6.07, 6.45) is 11.3. The topological polar surface area (TPSA) is 162 Å². The summed E-state index contributed by atoms with van der Waals surface area (Å²) in [5.74, 6) is -0.101. The summed E-state index contributed by atoms with van der Waals surface area (Å²) in [4.78, 5) is 46.4. The number of aromatic nitrogens is 7. The second-order valence-corrected chi connectivity index (χ2v) is 11.6. The Kier molecular flexibility index (Phi) is 8.73. The predicted molar refractivity (Wildman–Crippen MR) is 184 cm³/mol. The number of nitrogens with zero attached hydrogens (tertiary/aromatic N) is 9. The van der Waals surface area contributed by atoms with E-state index in [9.17, 15) is 9.59 Å². The van der Waals surface area contributed by atoms with Gasteiger partial charge in [-0.15, -0.1) is 0 Å². The fourth-order valence-electron chi connectivity index (χ4n) is 5.75. The van der Waals surface area contributed by atoms with Gasteiger partial charge in [-0.2, -0.15) is 10.5 Å². The van der Waals surface area contributed by atoms with E-state index < -0.39 is 11.7 Å². The molecule has 0 atom stereocenters. The number of fused-ring (bicyclic) bond motifs is 2. The molecule has 0 radical (unpaired) electrons. The summed E-state index contributed by atoms with van der Waals surface area (Å²) in [6, 6.07) is 28.1. The molecule has 0 unspecified atom stereocenters. The number of benzene rings is 3. The smallest absolute Gasteiger partial charge is 0.299 e. The minimum atomic E-state index is -0.516. The highest BCUT2D eigenvalue weighted by molar-refractivity contribution is 6.52. The van der Waals surface area contributed by atoms with Crippen molar-refractivity contribution in [3.8, 4) is 12.1 Å². The number of pyridine rings is 1. The summed E-state index contributed by atoms with van der Waals surface area (Å²) in [7, 11) is 0. The summed E-state index contributed by atoms with van der Waals surface area (Å²) in [5, 5.41) is 17.8. The van der Waals surface area contributed by atoms with E-state index >= 15 is 0 Å². The number of rotatable bonds is 8. The van der Waals surface area contributed by atoms with Crippen molar-refractivity contribution in [1.29, 1.82) is 10.5 Å². The fraction of sp³-hybridized carbons (Fsp3) is 0.105. The number of hydrogen-bond acceptors (Lipinski definition) is 8. The van der Waals surface area contributed by atoms with Gasteiger partial charge in [0.05, 0.1) is 76.6 Å². The van der Waals surface area contributed by atoms with Crippen LogP contribution < -0.4 is 4.90 Å². The minimum Gasteiger partial charge on any atom is -0.340 e. The zero-order valence-corrected chi connectivity index (χ0v) is 26.6. The van der Waals surface area contributed by atoms with Crippen LogP contribution in [-0.4, -0.2) is 45.7 Å². The van der Waals surface area contributed by atoms with Gasteiger partial charge in [-0.25, -0.2) is 15.0 Å². The number of carbonyl (C=O) groups is 2. The fourth-order valence-corrected chi connectivity index (χ4v) is 5.75. The lowest BCUT2D eigenvalue weighted by atomic mass is 10.1. The number of para-hydroxylation sites is 1. The molecule has 0 aliphatic carbocycles. The molecule has 4 aromatic heterocycles. The number of anilines is 1. The van der Waals surface area contributed by atoms with Gasteiger partial charge in [-0.1, -0.05) is 36.4 Å². The van der Waals surface area contributed by atoms with E-state index in [4.69, 9.17) is 10.5 Å². The lowest BCUT2D eigenvalue weighted by Crippen LogP contribution is -2.30. The number of imidazole rings is 3. The summed E-state index contributed by atoms with van der Waals surface area (Å²) >= 11 is 0. The predicted octanol–water partition coefficient (Wildman–Crippen LogP) is 5.20. The first-order valence-corrected chi connectivity index (χ1v) is 15.7. The number of Topliss-reactive ketones (excluding diaryl/α,β-unsaturated/α-hetero) is 1. The highest BCUT2D eigenvalue weighted by Gasteiger charge is 2.35. The van der Waals surface area contributed by atoms with E-state index in [2.05, 4.69) is 41.6 Å². The molecule has 1 N–H and O–H groups in total. The number of nitrogens with one attached hydrogen (secondary N) is 1. The van der Waals surface area contributed by atoms with Crippen LogP contribution in [0.15, 0.2) is 116 Å². The molecular weight excluding hydrogens is 628 g/mol. The lowest BCUT2D eigenvalue weighted by Gasteiger charge is -2.17. The standard InChI is InChI=1S/C20H14N4O2.C18H14N6/c21-9-14-5-7-15(8-6-14)11-23-13-22-10-16(23)12-24-18-4-2-1-3-17(18)19(25)20(24)26;19-8-13-1-3-14(4-2-13)11-24-12-21-9-15(24)7-18-22-16-5-6-20-10-17(16)23-18/h1-8,10,13H,11-12H2;1-6,9-10,12H,7,11H2,(H,22,23). The average molecular weight is 657 g/mol. The van der Waals surface area contributed by atoms with Gasteiger partial charge >= 0.3 is 0 Å². The molecule has 0 spiro atoms. The molecule has 0 fully saturated rings. The van der Waals surface area contributed by atoms with Crippen molar-refractivity contribution in [2.75, 3.05) is 4.90 Å². The third kappa shape index (κ3) is 6.63. The third-order valence-electron chi connectivity index (χ3n) is 8.35. The number of amides is 1. The molecule has 0 bridgehead atoms. The van der Waals surface area contributed by atoms with Gasteiger partial charge in [0.1, 0.15) is 5.82 Å². The van der Waals surface area contributed by atoms with Crippen LogP contribution in [-0.2, 0) is 30.8 Å². The number of carbonyl (C=O) groups excluding carboxylic acids is 2. The Labute approximate surface area is 286 Å². The monoisotopic (exact) mass is 656 g/mol. The normalized spacial score (nSPS) is 11.9. The number of aromatic amines is 1. The molecule has 5 heterocycles. The Morgan fingerprint density at radius 3 is 1.94 bits per heavy atom. The molecule has 1 aliphatic heterocycles. The van der Waals surface area contributed by atoms with Crippen LogP contribution >= 0.6 is 0 Å². The molecule has 7 aromatic rings. The van der Waals surface area contributed by atoms with Gasteiger partial charge in [0.15, 0.2) is 0 Å². The van der Waals surface area contributed by atoms with E-state index in [1.807, 2.05) is 65.6 Å². The Hall–Kier alpha value is -7.18. The minimum absolute atomic E-state index is 0.276. The first-order valence-electron chi connectivity index (χ1n) is 15.7. The molecule has 242 valence electrons. The summed E-state index contributed by atoms with van der Waals surface area (Å²) in [5.41, 5.74) is 8.25. The maximum atomic E-state index is 12.3. The van der Waals surface area contributed by atoms with Crippen LogP contribution in [0.2, 0.25) is 0 Å². The second-order valence-electron chi connectivity index (χ2n) is 11.6. The number of H-pyrrole nitrogens is 1. The van der Waals surface area contributed by atoms with E-state index in [0.29, 0.717) is 41.9 Å². The SMILES string of the molecule is N#Cc1ccc(Cn2cncc2CN2C(=O)C(=O)c3ccccc32)cc1.N#Cc1ccc(Cn2cncc2Cc2nc3ccncc3[nH]2)cc1. The Balaban J connectivity index is 0.000000157. The van der Waals surface area contributed by atoms with Crippen molar-refractivity contribution in [1.82, 2.24) is 34.1 Å². The number of ketones is 1. The first kappa shape index (κ1) is 31.4. The van der Waals surface area contributed by atoms with Crippen LogP contribution in [0.5, 0.6) is 0 Å². The van der Waals surface area contributed by atoms with Gasteiger partial charge in [0, 0.05) is 43.8 Å². The maximum absolute atomic E-state index is 12.3. The summed E-state index contributed by atoms with van der Waals surface area (Å²) < 4.78 is 4.02. The first-order chi connectivity index (χ1) is 24.5. The third-order valence-corrected chi connectivity index (χ3v) is 8.35. The lowest BCUT2D eigenvalue weighted by molar-refractivity contribution is -0.114. The largest absolute Gasteiger partial charge is 0.340 e. The van der Waals surface area contributed by atoms with Crippen LogP contribution in [0.1, 0.15) is 49.8 Å². The quantitative estimate of drug-likeness (QED) is 0.218. The zero-order valence-electron chi connectivity index (χ0n) is 26.6. The van der Waals surface area contributed by atoms with Crippen LogP contribution in [0.4, 0.5) is 5.69 Å². The van der Waals surface area contributed by atoms with Gasteiger partial charge in [-0.05, 0) is 53.6 Å².